The first kappa shape index (κ1) is 10.1. The molecule has 0 bridgehead atoms. The fourth-order valence-corrected chi connectivity index (χ4v) is 4.44. The summed E-state index contributed by atoms with van der Waals surface area (Å²) in [7, 11) is 0. The Kier molecular flexibility index (Phi) is 2.16. The lowest BCUT2D eigenvalue weighted by Crippen LogP contribution is -2.57. The van der Waals surface area contributed by atoms with Crippen molar-refractivity contribution in [1.29, 1.82) is 0 Å². The van der Waals surface area contributed by atoms with Gasteiger partial charge in [-0.05, 0) is 29.6 Å². The molecule has 1 aliphatic heterocycles. The van der Waals surface area contributed by atoms with Gasteiger partial charge in [0, 0.05) is 5.92 Å². The first-order valence-electron chi connectivity index (χ1n) is 6.35. The minimum absolute atomic E-state index is 0.0989. The van der Waals surface area contributed by atoms with E-state index < -0.39 is 0 Å². The van der Waals surface area contributed by atoms with Gasteiger partial charge in [-0.2, -0.15) is 0 Å². The highest BCUT2D eigenvalue weighted by Crippen LogP contribution is 2.66. The first-order valence-corrected chi connectivity index (χ1v) is 6.35. The molecule has 0 aromatic carbocycles. The summed E-state index contributed by atoms with van der Waals surface area (Å²) in [5.74, 6) is 3.30. The number of hydrogen-bond acceptors (Lipinski definition) is 2. The smallest absolute Gasteiger partial charge is 0.161 e. The summed E-state index contributed by atoms with van der Waals surface area (Å²) >= 11 is 0. The van der Waals surface area contributed by atoms with Crippen molar-refractivity contribution >= 4 is 0 Å². The van der Waals surface area contributed by atoms with Crippen LogP contribution in [0.25, 0.3) is 0 Å². The lowest BCUT2D eigenvalue weighted by Gasteiger charge is -2.58. The second kappa shape index (κ2) is 3.21. The standard InChI is InChI=1S/C13H22O2/c1-8-4-5-9-10(8)11(13(9,2)3)12-14-6-7-15-12/h8-12H,4-7H2,1-3H3/t8-,9-,10+,11+/m0/s1. The number of ether oxygens (including phenoxy) is 2. The molecule has 0 N–H and O–H groups in total. The van der Waals surface area contributed by atoms with Gasteiger partial charge in [-0.3, -0.25) is 0 Å². The zero-order valence-corrected chi connectivity index (χ0v) is 10.0. The van der Waals surface area contributed by atoms with Crippen LogP contribution in [0.15, 0.2) is 0 Å². The molecule has 15 heavy (non-hydrogen) atoms. The summed E-state index contributed by atoms with van der Waals surface area (Å²) in [4.78, 5) is 0. The van der Waals surface area contributed by atoms with Crippen molar-refractivity contribution < 1.29 is 9.47 Å². The molecule has 3 fully saturated rings. The Balaban J connectivity index is 1.81. The van der Waals surface area contributed by atoms with E-state index in [9.17, 15) is 0 Å². The van der Waals surface area contributed by atoms with Gasteiger partial charge >= 0.3 is 0 Å². The molecule has 86 valence electrons. The van der Waals surface area contributed by atoms with Crippen molar-refractivity contribution in [3.63, 3.8) is 0 Å². The van der Waals surface area contributed by atoms with Gasteiger partial charge < -0.3 is 9.47 Å². The van der Waals surface area contributed by atoms with Gasteiger partial charge in [0.05, 0.1) is 13.2 Å². The van der Waals surface area contributed by atoms with Crippen molar-refractivity contribution in [3.8, 4) is 0 Å². The maximum Gasteiger partial charge on any atom is 0.161 e. The van der Waals surface area contributed by atoms with Crippen molar-refractivity contribution in [1.82, 2.24) is 0 Å². The van der Waals surface area contributed by atoms with Crippen LogP contribution >= 0.6 is 0 Å². The van der Waals surface area contributed by atoms with E-state index in [1.54, 1.807) is 0 Å². The summed E-state index contributed by atoms with van der Waals surface area (Å²) in [5.41, 5.74) is 0.435. The highest BCUT2D eigenvalue weighted by atomic mass is 16.7. The third-order valence-corrected chi connectivity index (χ3v) is 5.22. The average Bonchev–Trinajstić information content (AvgIpc) is 2.76. The zero-order valence-electron chi connectivity index (χ0n) is 10.0. The summed E-state index contributed by atoms with van der Waals surface area (Å²) in [6.07, 6.45) is 2.92. The predicted molar refractivity (Wildman–Crippen MR) is 58.3 cm³/mol. The molecule has 0 radical (unpaired) electrons. The van der Waals surface area contributed by atoms with E-state index in [2.05, 4.69) is 20.8 Å². The van der Waals surface area contributed by atoms with Gasteiger partial charge in [-0.15, -0.1) is 0 Å². The maximum absolute atomic E-state index is 5.73. The highest BCUT2D eigenvalue weighted by molar-refractivity contribution is 5.09. The van der Waals surface area contributed by atoms with Crippen LogP contribution in [0.2, 0.25) is 0 Å². The van der Waals surface area contributed by atoms with Crippen LogP contribution in [-0.4, -0.2) is 19.5 Å². The lowest BCUT2D eigenvalue weighted by atomic mass is 9.48. The van der Waals surface area contributed by atoms with Gasteiger partial charge in [0.25, 0.3) is 0 Å². The SMILES string of the molecule is C[C@H]1CC[C@H]2[C@@H]1[C@H](C1OCCO1)C2(C)C. The molecule has 2 heteroatoms. The molecular formula is C13H22O2. The monoisotopic (exact) mass is 210 g/mol. The van der Waals surface area contributed by atoms with Gasteiger partial charge in [-0.25, -0.2) is 0 Å². The highest BCUT2D eigenvalue weighted by Gasteiger charge is 2.63. The van der Waals surface area contributed by atoms with E-state index in [1.165, 1.54) is 12.8 Å². The van der Waals surface area contributed by atoms with Crippen LogP contribution in [-0.2, 0) is 9.47 Å². The predicted octanol–water partition coefficient (Wildman–Crippen LogP) is 2.68. The fourth-order valence-electron chi connectivity index (χ4n) is 4.44. The zero-order chi connectivity index (χ0) is 10.6. The average molecular weight is 210 g/mol. The van der Waals surface area contributed by atoms with E-state index in [0.717, 1.165) is 31.0 Å². The second-order valence-corrected chi connectivity index (χ2v) is 6.20. The Morgan fingerprint density at radius 1 is 1.07 bits per heavy atom. The molecule has 0 aromatic rings. The molecule has 0 amide bonds. The molecule has 1 heterocycles. The Morgan fingerprint density at radius 2 is 1.73 bits per heavy atom. The molecule has 1 saturated heterocycles. The Labute approximate surface area is 92.3 Å². The lowest BCUT2D eigenvalue weighted by molar-refractivity contribution is -0.217. The van der Waals surface area contributed by atoms with E-state index in [4.69, 9.17) is 9.47 Å². The Morgan fingerprint density at radius 3 is 2.40 bits per heavy atom. The molecule has 2 nitrogen and oxygen atoms in total. The number of hydrogen-bond donors (Lipinski definition) is 0. The van der Waals surface area contributed by atoms with E-state index >= 15 is 0 Å². The Bertz CT molecular complexity index is 255. The van der Waals surface area contributed by atoms with Crippen LogP contribution in [0, 0.1) is 29.1 Å². The molecule has 3 rings (SSSR count). The van der Waals surface area contributed by atoms with Crippen molar-refractivity contribution in [2.45, 2.75) is 39.9 Å². The molecule has 4 atom stereocenters. The van der Waals surface area contributed by atoms with Gasteiger partial charge in [-0.1, -0.05) is 27.2 Å². The largest absolute Gasteiger partial charge is 0.350 e. The maximum atomic E-state index is 5.73. The van der Waals surface area contributed by atoms with Crippen LogP contribution in [0.1, 0.15) is 33.6 Å². The van der Waals surface area contributed by atoms with Gasteiger partial charge in [0.2, 0.25) is 0 Å². The Hall–Kier alpha value is -0.0800. The molecule has 0 aromatic heterocycles. The third kappa shape index (κ3) is 1.24. The van der Waals surface area contributed by atoms with Crippen LogP contribution in [0.3, 0.4) is 0 Å². The van der Waals surface area contributed by atoms with E-state index in [1.807, 2.05) is 0 Å². The number of fused-ring (bicyclic) bond motifs is 1. The van der Waals surface area contributed by atoms with Crippen molar-refractivity contribution in [3.05, 3.63) is 0 Å². The quantitative estimate of drug-likeness (QED) is 0.662. The van der Waals surface area contributed by atoms with E-state index in [0.29, 0.717) is 11.3 Å². The normalized spacial score (nSPS) is 49.0. The molecule has 0 spiro atoms. The summed E-state index contributed by atoms with van der Waals surface area (Å²) in [6, 6.07) is 0. The topological polar surface area (TPSA) is 18.5 Å². The summed E-state index contributed by atoms with van der Waals surface area (Å²) in [6.45, 7) is 8.80. The van der Waals surface area contributed by atoms with Crippen molar-refractivity contribution in [2.24, 2.45) is 29.1 Å². The van der Waals surface area contributed by atoms with E-state index in [-0.39, 0.29) is 6.29 Å². The van der Waals surface area contributed by atoms with Gasteiger partial charge in [0.15, 0.2) is 6.29 Å². The van der Waals surface area contributed by atoms with Gasteiger partial charge in [0.1, 0.15) is 0 Å². The van der Waals surface area contributed by atoms with Crippen LogP contribution in [0.4, 0.5) is 0 Å². The molecule has 3 aliphatic rings. The third-order valence-electron chi connectivity index (χ3n) is 5.22. The molecule has 2 saturated carbocycles. The molecule has 0 unspecified atom stereocenters. The van der Waals surface area contributed by atoms with Crippen LogP contribution in [0.5, 0.6) is 0 Å². The van der Waals surface area contributed by atoms with Crippen molar-refractivity contribution in [2.75, 3.05) is 13.2 Å². The first-order chi connectivity index (χ1) is 7.12. The van der Waals surface area contributed by atoms with Crippen LogP contribution < -0.4 is 0 Å². The number of rotatable bonds is 1. The molecule has 2 aliphatic carbocycles. The summed E-state index contributed by atoms with van der Waals surface area (Å²) in [5, 5.41) is 0. The fraction of sp³-hybridized carbons (Fsp3) is 1.00. The minimum Gasteiger partial charge on any atom is -0.350 e. The summed E-state index contributed by atoms with van der Waals surface area (Å²) < 4.78 is 11.5. The minimum atomic E-state index is 0.0989. The second-order valence-electron chi connectivity index (χ2n) is 6.20. The molecular weight excluding hydrogens is 188 g/mol.